The van der Waals surface area contributed by atoms with Crippen LogP contribution in [0.5, 0.6) is 0 Å². The highest BCUT2D eigenvalue weighted by molar-refractivity contribution is 5.84. The van der Waals surface area contributed by atoms with E-state index in [1.54, 1.807) is 6.07 Å². The Kier molecular flexibility index (Phi) is 3.01. The number of aromatic amines is 1. The Labute approximate surface area is 127 Å². The first kappa shape index (κ1) is 13.5. The highest BCUT2D eigenvalue weighted by atomic mass is 19.2. The minimum Gasteiger partial charge on any atom is -0.361 e. The zero-order valence-electron chi connectivity index (χ0n) is 12.2. The van der Waals surface area contributed by atoms with Crippen molar-refractivity contribution in [3.05, 3.63) is 70.9 Å². The van der Waals surface area contributed by atoms with Gasteiger partial charge in [0.1, 0.15) is 0 Å². The van der Waals surface area contributed by atoms with Crippen LogP contribution in [-0.4, -0.2) is 23.5 Å². The molecule has 0 fully saturated rings. The Morgan fingerprint density at radius 3 is 2.77 bits per heavy atom. The summed E-state index contributed by atoms with van der Waals surface area (Å²) in [6.45, 7) is 1.67. The highest BCUT2D eigenvalue weighted by Gasteiger charge is 2.26. The quantitative estimate of drug-likeness (QED) is 0.719. The predicted octanol–water partition coefficient (Wildman–Crippen LogP) is 4.02. The van der Waals surface area contributed by atoms with Gasteiger partial charge < -0.3 is 9.88 Å². The molecule has 2 heterocycles. The third-order valence-electron chi connectivity index (χ3n) is 4.53. The average molecular weight is 298 g/mol. The molecule has 22 heavy (non-hydrogen) atoms. The van der Waals surface area contributed by atoms with Gasteiger partial charge in [0.15, 0.2) is 11.6 Å². The third kappa shape index (κ3) is 2.03. The van der Waals surface area contributed by atoms with Crippen LogP contribution in [0.3, 0.4) is 0 Å². The molecule has 1 aromatic heterocycles. The van der Waals surface area contributed by atoms with E-state index in [2.05, 4.69) is 35.1 Å². The van der Waals surface area contributed by atoms with Gasteiger partial charge in [0.2, 0.25) is 0 Å². The van der Waals surface area contributed by atoms with Crippen LogP contribution < -0.4 is 0 Å². The van der Waals surface area contributed by atoms with E-state index in [1.165, 1.54) is 28.6 Å². The van der Waals surface area contributed by atoms with E-state index in [1.807, 2.05) is 6.20 Å². The number of hydrogen-bond acceptors (Lipinski definition) is 1. The summed E-state index contributed by atoms with van der Waals surface area (Å²) in [5.41, 5.74) is 4.40. The fourth-order valence-electron chi connectivity index (χ4n) is 3.47. The molecule has 0 amide bonds. The van der Waals surface area contributed by atoms with E-state index in [0.29, 0.717) is 0 Å². The molecule has 2 aromatic carbocycles. The summed E-state index contributed by atoms with van der Waals surface area (Å²) >= 11 is 0. The Balaban J connectivity index is 1.89. The molecule has 1 aliphatic rings. The van der Waals surface area contributed by atoms with Crippen molar-refractivity contribution >= 4 is 10.9 Å². The molecule has 0 aliphatic carbocycles. The topological polar surface area (TPSA) is 19.0 Å². The van der Waals surface area contributed by atoms with Crippen molar-refractivity contribution < 1.29 is 8.78 Å². The first-order chi connectivity index (χ1) is 10.6. The van der Waals surface area contributed by atoms with Gasteiger partial charge in [0.05, 0.1) is 0 Å². The second-order valence-electron chi connectivity index (χ2n) is 6.00. The van der Waals surface area contributed by atoms with Crippen molar-refractivity contribution in [1.82, 2.24) is 9.88 Å². The summed E-state index contributed by atoms with van der Waals surface area (Å²) in [7, 11) is 2.06. The van der Waals surface area contributed by atoms with Gasteiger partial charge in [-0.1, -0.05) is 12.1 Å². The van der Waals surface area contributed by atoms with Gasteiger partial charge >= 0.3 is 0 Å². The van der Waals surface area contributed by atoms with Crippen molar-refractivity contribution in [2.75, 3.05) is 13.6 Å². The molecule has 1 aliphatic heterocycles. The molecular weight excluding hydrogens is 282 g/mol. The largest absolute Gasteiger partial charge is 0.361 e. The van der Waals surface area contributed by atoms with E-state index in [4.69, 9.17) is 0 Å². The molecular formula is C18H16F2N2. The summed E-state index contributed by atoms with van der Waals surface area (Å²) in [5, 5.41) is 1.21. The van der Waals surface area contributed by atoms with Crippen LogP contribution in [0, 0.1) is 11.6 Å². The first-order valence-corrected chi connectivity index (χ1v) is 7.36. The smallest absolute Gasteiger partial charge is 0.159 e. The van der Waals surface area contributed by atoms with Crippen molar-refractivity contribution in [2.24, 2.45) is 0 Å². The molecule has 0 saturated carbocycles. The zero-order chi connectivity index (χ0) is 15.3. The van der Waals surface area contributed by atoms with Crippen LogP contribution in [0.1, 0.15) is 22.6 Å². The number of hydrogen-bond donors (Lipinski definition) is 1. The summed E-state index contributed by atoms with van der Waals surface area (Å²) in [6.07, 6.45) is 1.94. The van der Waals surface area contributed by atoms with E-state index >= 15 is 0 Å². The minimum atomic E-state index is -0.797. The Morgan fingerprint density at radius 2 is 1.95 bits per heavy atom. The molecule has 0 spiro atoms. The molecule has 112 valence electrons. The standard InChI is InChI=1S/C18H16F2N2/c1-22-9-14(11-2-4-16(19)17(20)8-11)12-3-5-18-13(6-7-21-18)15(12)10-22/h2-8,14,21H,9-10H2,1H3. The molecule has 0 bridgehead atoms. The van der Waals surface area contributed by atoms with Crippen LogP contribution in [-0.2, 0) is 6.54 Å². The third-order valence-corrected chi connectivity index (χ3v) is 4.53. The maximum Gasteiger partial charge on any atom is 0.159 e. The summed E-state index contributed by atoms with van der Waals surface area (Å²) in [5.74, 6) is -1.52. The van der Waals surface area contributed by atoms with Gasteiger partial charge in [-0.25, -0.2) is 8.78 Å². The van der Waals surface area contributed by atoms with Gasteiger partial charge in [-0.05, 0) is 48.0 Å². The van der Waals surface area contributed by atoms with E-state index < -0.39 is 11.6 Å². The van der Waals surface area contributed by atoms with Gasteiger partial charge in [-0.3, -0.25) is 0 Å². The SMILES string of the molecule is CN1Cc2c(ccc3[nH]ccc23)C(c2ccc(F)c(F)c2)C1. The second-order valence-corrected chi connectivity index (χ2v) is 6.00. The molecule has 1 N–H and O–H groups in total. The molecule has 1 atom stereocenters. The van der Waals surface area contributed by atoms with Gasteiger partial charge in [-0.15, -0.1) is 0 Å². The number of rotatable bonds is 1. The molecule has 1 unspecified atom stereocenters. The highest BCUT2D eigenvalue weighted by Crippen LogP contribution is 2.36. The Bertz CT molecular complexity index is 853. The van der Waals surface area contributed by atoms with E-state index in [9.17, 15) is 8.78 Å². The fraction of sp³-hybridized carbons (Fsp3) is 0.222. The number of nitrogens with one attached hydrogen (secondary N) is 1. The predicted molar refractivity (Wildman–Crippen MR) is 82.8 cm³/mol. The Hall–Kier alpha value is -2.20. The summed E-state index contributed by atoms with van der Waals surface area (Å²) in [6, 6.07) is 10.5. The van der Waals surface area contributed by atoms with Crippen LogP contribution in [0.15, 0.2) is 42.6 Å². The average Bonchev–Trinajstić information content (AvgIpc) is 2.98. The van der Waals surface area contributed by atoms with Crippen molar-refractivity contribution in [1.29, 1.82) is 0 Å². The normalized spacial score (nSPS) is 18.6. The lowest BCUT2D eigenvalue weighted by Crippen LogP contribution is -2.31. The number of aromatic nitrogens is 1. The lowest BCUT2D eigenvalue weighted by Gasteiger charge is -2.33. The number of likely N-dealkylation sites (N-methyl/N-ethyl adjacent to an activating group) is 1. The maximum atomic E-state index is 13.6. The first-order valence-electron chi connectivity index (χ1n) is 7.36. The second kappa shape index (κ2) is 4.92. The number of nitrogens with zero attached hydrogens (tertiary/aromatic N) is 1. The van der Waals surface area contributed by atoms with Crippen LogP contribution in [0.4, 0.5) is 8.78 Å². The number of benzene rings is 2. The molecule has 0 saturated heterocycles. The number of H-pyrrole nitrogens is 1. The lowest BCUT2D eigenvalue weighted by atomic mass is 9.83. The molecule has 4 rings (SSSR count). The number of fused-ring (bicyclic) bond motifs is 3. The van der Waals surface area contributed by atoms with Crippen LogP contribution in [0.25, 0.3) is 10.9 Å². The zero-order valence-corrected chi connectivity index (χ0v) is 12.2. The van der Waals surface area contributed by atoms with Crippen molar-refractivity contribution in [2.45, 2.75) is 12.5 Å². The van der Waals surface area contributed by atoms with Crippen molar-refractivity contribution in [3.8, 4) is 0 Å². The fourth-order valence-corrected chi connectivity index (χ4v) is 3.47. The summed E-state index contributed by atoms with van der Waals surface area (Å²) < 4.78 is 26.8. The van der Waals surface area contributed by atoms with Gasteiger partial charge in [0.25, 0.3) is 0 Å². The Morgan fingerprint density at radius 1 is 1.09 bits per heavy atom. The minimum absolute atomic E-state index is 0.0585. The molecule has 4 heteroatoms. The van der Waals surface area contributed by atoms with Crippen LogP contribution >= 0.6 is 0 Å². The van der Waals surface area contributed by atoms with Crippen LogP contribution in [0.2, 0.25) is 0 Å². The summed E-state index contributed by atoms with van der Waals surface area (Å²) in [4.78, 5) is 5.45. The van der Waals surface area contributed by atoms with Gasteiger partial charge in [0, 0.05) is 36.1 Å². The monoisotopic (exact) mass is 298 g/mol. The lowest BCUT2D eigenvalue weighted by molar-refractivity contribution is 0.296. The van der Waals surface area contributed by atoms with E-state index in [-0.39, 0.29) is 5.92 Å². The number of halogens is 2. The molecule has 0 radical (unpaired) electrons. The van der Waals surface area contributed by atoms with E-state index in [0.717, 1.165) is 24.2 Å². The maximum absolute atomic E-state index is 13.6. The van der Waals surface area contributed by atoms with Gasteiger partial charge in [-0.2, -0.15) is 0 Å². The molecule has 3 aromatic rings. The van der Waals surface area contributed by atoms with Crippen molar-refractivity contribution in [3.63, 3.8) is 0 Å². The molecule has 2 nitrogen and oxygen atoms in total.